The zero-order valence-electron chi connectivity index (χ0n) is 12.7. The molecule has 2 aromatic carbocycles. The first-order chi connectivity index (χ1) is 11.0. The van der Waals surface area contributed by atoms with E-state index in [-0.39, 0.29) is 28.7 Å². The summed E-state index contributed by atoms with van der Waals surface area (Å²) in [5.74, 6) is -0.708. The van der Waals surface area contributed by atoms with Crippen molar-refractivity contribution in [1.29, 1.82) is 0 Å². The maximum Gasteiger partial charge on any atom is 0.164 e. The van der Waals surface area contributed by atoms with Gasteiger partial charge in [-0.1, -0.05) is 6.07 Å². The fourth-order valence-electron chi connectivity index (χ4n) is 3.24. The minimum Gasteiger partial charge on any atom is -0.507 e. The molecule has 1 aliphatic carbocycles. The van der Waals surface area contributed by atoms with E-state index >= 15 is 0 Å². The van der Waals surface area contributed by atoms with Crippen LogP contribution >= 0.6 is 0 Å². The molecule has 122 valence electrons. The standard InChI is InChI=1S/C18H20O5/c19-14-8-6-10(9-15(14)20)5-7-13-16(21)11-3-1-2-4-12(11)17(22)18(13)23/h6,8-9,19-23H,1-5,7H2. The van der Waals surface area contributed by atoms with Crippen molar-refractivity contribution in [1.82, 2.24) is 0 Å². The lowest BCUT2D eigenvalue weighted by Gasteiger charge is -2.22. The van der Waals surface area contributed by atoms with Crippen molar-refractivity contribution in [3.63, 3.8) is 0 Å². The highest BCUT2D eigenvalue weighted by Gasteiger charge is 2.24. The Labute approximate surface area is 134 Å². The van der Waals surface area contributed by atoms with Crippen molar-refractivity contribution in [3.8, 4) is 28.7 Å². The first-order valence-electron chi connectivity index (χ1n) is 7.77. The quantitative estimate of drug-likeness (QED) is 0.443. The highest BCUT2D eigenvalue weighted by atomic mass is 16.3. The van der Waals surface area contributed by atoms with Crippen molar-refractivity contribution in [2.75, 3.05) is 0 Å². The largest absolute Gasteiger partial charge is 0.507 e. The molecule has 5 nitrogen and oxygen atoms in total. The summed E-state index contributed by atoms with van der Waals surface area (Å²) in [5.41, 5.74) is 2.47. The molecule has 3 rings (SSSR count). The molecule has 23 heavy (non-hydrogen) atoms. The average Bonchev–Trinajstić information content (AvgIpc) is 2.56. The lowest BCUT2D eigenvalue weighted by Crippen LogP contribution is -2.06. The molecule has 0 aliphatic heterocycles. The molecule has 0 fully saturated rings. The summed E-state index contributed by atoms with van der Waals surface area (Å²) in [4.78, 5) is 0. The van der Waals surface area contributed by atoms with Gasteiger partial charge in [-0.15, -0.1) is 0 Å². The van der Waals surface area contributed by atoms with E-state index in [2.05, 4.69) is 0 Å². The summed E-state index contributed by atoms with van der Waals surface area (Å²) >= 11 is 0. The third-order valence-corrected chi connectivity index (χ3v) is 4.54. The van der Waals surface area contributed by atoms with Crippen LogP contribution in [-0.2, 0) is 25.7 Å². The third kappa shape index (κ3) is 2.74. The van der Waals surface area contributed by atoms with Gasteiger partial charge in [0.2, 0.25) is 0 Å². The van der Waals surface area contributed by atoms with Crippen molar-refractivity contribution < 1.29 is 25.5 Å². The van der Waals surface area contributed by atoms with E-state index in [1.54, 1.807) is 6.07 Å². The van der Waals surface area contributed by atoms with Crippen LogP contribution in [0.1, 0.15) is 35.1 Å². The van der Waals surface area contributed by atoms with E-state index in [0.717, 1.165) is 24.0 Å². The molecule has 0 saturated carbocycles. The fraction of sp³-hybridized carbons (Fsp3) is 0.333. The Morgan fingerprint density at radius 2 is 1.35 bits per heavy atom. The van der Waals surface area contributed by atoms with Crippen molar-refractivity contribution in [3.05, 3.63) is 40.5 Å². The van der Waals surface area contributed by atoms with Crippen LogP contribution in [-0.4, -0.2) is 25.5 Å². The predicted molar refractivity (Wildman–Crippen MR) is 85.3 cm³/mol. The molecule has 0 spiro atoms. The van der Waals surface area contributed by atoms with Crippen LogP contribution in [0.4, 0.5) is 0 Å². The lowest BCUT2D eigenvalue weighted by molar-refractivity contribution is 0.378. The van der Waals surface area contributed by atoms with Crippen LogP contribution in [0.2, 0.25) is 0 Å². The van der Waals surface area contributed by atoms with Crippen molar-refractivity contribution >= 4 is 0 Å². The van der Waals surface area contributed by atoms with E-state index in [4.69, 9.17) is 0 Å². The monoisotopic (exact) mass is 316 g/mol. The molecule has 0 saturated heterocycles. The van der Waals surface area contributed by atoms with Gasteiger partial charge in [-0.2, -0.15) is 0 Å². The number of fused-ring (bicyclic) bond motifs is 1. The first-order valence-corrected chi connectivity index (χ1v) is 7.77. The number of benzene rings is 2. The van der Waals surface area contributed by atoms with Crippen LogP contribution < -0.4 is 0 Å². The molecule has 5 heteroatoms. The van der Waals surface area contributed by atoms with Gasteiger partial charge < -0.3 is 25.5 Å². The smallest absolute Gasteiger partial charge is 0.164 e. The molecular formula is C18H20O5. The van der Waals surface area contributed by atoms with Gasteiger partial charge in [-0.05, 0) is 56.2 Å². The Morgan fingerprint density at radius 1 is 0.696 bits per heavy atom. The van der Waals surface area contributed by atoms with Gasteiger partial charge >= 0.3 is 0 Å². The van der Waals surface area contributed by atoms with Gasteiger partial charge in [0.25, 0.3) is 0 Å². The maximum atomic E-state index is 10.5. The predicted octanol–water partition coefficient (Wildman–Crippen LogP) is 2.88. The Balaban J connectivity index is 1.90. The summed E-state index contributed by atoms with van der Waals surface area (Å²) < 4.78 is 0. The van der Waals surface area contributed by atoms with Crippen LogP contribution in [0.3, 0.4) is 0 Å². The van der Waals surface area contributed by atoms with Gasteiger partial charge in [-0.25, -0.2) is 0 Å². The number of hydrogen-bond donors (Lipinski definition) is 5. The summed E-state index contributed by atoms with van der Waals surface area (Å²) in [5, 5.41) is 49.7. The Bertz CT molecular complexity index is 752. The normalized spacial score (nSPS) is 13.7. The van der Waals surface area contributed by atoms with Crippen molar-refractivity contribution in [2.24, 2.45) is 0 Å². The molecule has 2 aromatic rings. The first kappa shape index (κ1) is 15.3. The number of rotatable bonds is 3. The Hall–Kier alpha value is -2.56. The highest BCUT2D eigenvalue weighted by Crippen LogP contribution is 2.45. The second-order valence-electron chi connectivity index (χ2n) is 6.01. The fourth-order valence-corrected chi connectivity index (χ4v) is 3.24. The lowest BCUT2D eigenvalue weighted by atomic mass is 9.86. The van der Waals surface area contributed by atoms with Crippen LogP contribution in [0.25, 0.3) is 0 Å². The van der Waals surface area contributed by atoms with Crippen LogP contribution in [0.5, 0.6) is 28.7 Å². The molecule has 0 heterocycles. The van der Waals surface area contributed by atoms with Gasteiger partial charge in [-0.3, -0.25) is 0 Å². The number of aromatic hydroxyl groups is 5. The summed E-state index contributed by atoms with van der Waals surface area (Å²) in [6.45, 7) is 0. The van der Waals surface area contributed by atoms with Gasteiger partial charge in [0.05, 0.1) is 0 Å². The molecular weight excluding hydrogens is 296 g/mol. The van der Waals surface area contributed by atoms with Gasteiger partial charge in [0, 0.05) is 16.7 Å². The third-order valence-electron chi connectivity index (χ3n) is 4.54. The van der Waals surface area contributed by atoms with Crippen molar-refractivity contribution in [2.45, 2.75) is 38.5 Å². The Morgan fingerprint density at radius 3 is 2.00 bits per heavy atom. The summed E-state index contributed by atoms with van der Waals surface area (Å²) in [6.07, 6.45) is 4.02. The number of aryl methyl sites for hydroxylation is 1. The number of phenolic OH excluding ortho intramolecular Hbond substituents is 5. The minimum atomic E-state index is -0.258. The highest BCUT2D eigenvalue weighted by molar-refractivity contribution is 5.62. The summed E-state index contributed by atoms with van der Waals surface area (Å²) in [6, 6.07) is 4.51. The average molecular weight is 316 g/mol. The second-order valence-corrected chi connectivity index (χ2v) is 6.01. The van der Waals surface area contributed by atoms with Gasteiger partial charge in [0.15, 0.2) is 23.0 Å². The number of phenols is 5. The second kappa shape index (κ2) is 5.91. The molecule has 0 radical (unpaired) electrons. The van der Waals surface area contributed by atoms with Crippen LogP contribution in [0.15, 0.2) is 18.2 Å². The topological polar surface area (TPSA) is 101 Å². The molecule has 0 atom stereocenters. The van der Waals surface area contributed by atoms with E-state index in [1.165, 1.54) is 12.1 Å². The zero-order chi connectivity index (χ0) is 16.6. The maximum absolute atomic E-state index is 10.5. The molecule has 0 aromatic heterocycles. The minimum absolute atomic E-state index is 0.0676. The van der Waals surface area contributed by atoms with Gasteiger partial charge in [0.1, 0.15) is 5.75 Å². The van der Waals surface area contributed by atoms with Crippen LogP contribution in [0, 0.1) is 0 Å². The molecule has 1 aliphatic rings. The SMILES string of the molecule is Oc1ccc(CCc2c(O)c(O)c3c(c2O)CCCC3)cc1O. The van der Waals surface area contributed by atoms with E-state index in [9.17, 15) is 25.5 Å². The molecule has 5 N–H and O–H groups in total. The molecule has 0 unspecified atom stereocenters. The Kier molecular flexibility index (Phi) is 3.94. The number of hydrogen-bond acceptors (Lipinski definition) is 5. The summed E-state index contributed by atoms with van der Waals surface area (Å²) in [7, 11) is 0. The van der Waals surface area contributed by atoms with E-state index < -0.39 is 0 Å². The molecule has 0 amide bonds. The van der Waals surface area contributed by atoms with E-state index in [1.807, 2.05) is 0 Å². The molecule has 0 bridgehead atoms. The zero-order valence-corrected chi connectivity index (χ0v) is 12.7. The van der Waals surface area contributed by atoms with E-state index in [0.29, 0.717) is 36.8 Å².